The zero-order chi connectivity index (χ0) is 20.5. The van der Waals surface area contributed by atoms with Crippen LogP contribution in [0.15, 0.2) is 66.0 Å². The Morgan fingerprint density at radius 1 is 1.07 bits per heavy atom. The molecule has 5 rings (SSSR count). The lowest BCUT2D eigenvalue weighted by atomic mass is 10.2. The minimum absolute atomic E-state index is 0.0709. The van der Waals surface area contributed by atoms with Crippen molar-refractivity contribution in [2.24, 2.45) is 0 Å². The number of aromatic nitrogens is 3. The molecule has 148 valence electrons. The highest BCUT2D eigenvalue weighted by molar-refractivity contribution is 7.14. The van der Waals surface area contributed by atoms with Crippen LogP contribution in [0.1, 0.15) is 10.4 Å². The topological polar surface area (TPSA) is 101 Å². The Morgan fingerprint density at radius 3 is 2.57 bits per heavy atom. The van der Waals surface area contributed by atoms with Gasteiger partial charge in [0.15, 0.2) is 10.9 Å². The summed E-state index contributed by atoms with van der Waals surface area (Å²) in [5.74, 6) is 0.133. The molecule has 3 N–H and O–H groups in total. The number of hydrogen-bond acceptors (Lipinski definition) is 6. The van der Waals surface area contributed by atoms with Crippen LogP contribution in [0, 0.1) is 0 Å². The molecule has 1 aliphatic heterocycles. The molecule has 9 heteroatoms. The van der Waals surface area contributed by atoms with Gasteiger partial charge in [0.2, 0.25) is 5.91 Å². The minimum atomic E-state index is -0.397. The molecule has 0 bridgehead atoms. The summed E-state index contributed by atoms with van der Waals surface area (Å²) in [7, 11) is 0. The molecule has 0 atom stereocenters. The highest BCUT2D eigenvalue weighted by Gasteiger charge is 2.30. The van der Waals surface area contributed by atoms with E-state index in [2.05, 4.69) is 26.0 Å². The van der Waals surface area contributed by atoms with Gasteiger partial charge in [-0.25, -0.2) is 9.67 Å². The van der Waals surface area contributed by atoms with Crippen LogP contribution in [0.25, 0.3) is 11.3 Å². The number of carbonyl (C=O) groups excluding carboxylic acids is 2. The smallest absolute Gasteiger partial charge is 0.265 e. The maximum atomic E-state index is 13.1. The molecule has 0 saturated carbocycles. The van der Waals surface area contributed by atoms with Crippen LogP contribution >= 0.6 is 11.3 Å². The van der Waals surface area contributed by atoms with Crippen molar-refractivity contribution >= 4 is 45.6 Å². The average molecular weight is 416 g/mol. The van der Waals surface area contributed by atoms with E-state index in [0.717, 1.165) is 16.9 Å². The molecular formula is C21H16N6O2S. The Morgan fingerprint density at radius 2 is 1.80 bits per heavy atom. The molecule has 3 heterocycles. The first kappa shape index (κ1) is 18.1. The Balaban J connectivity index is 1.44. The Kier molecular flexibility index (Phi) is 4.49. The SMILES string of the molecule is O=C1Cn2nc(Nc3ccccc3)c(C(=O)Nc3nc(-c4ccccc4)cs3)c2N1. The van der Waals surface area contributed by atoms with E-state index in [-0.39, 0.29) is 18.0 Å². The van der Waals surface area contributed by atoms with Crippen LogP contribution in [-0.2, 0) is 11.3 Å². The standard InChI is InChI=1S/C21H16N6O2S/c28-16-11-27-19(24-16)17(18(26-27)22-14-9-5-2-6-10-14)20(29)25-21-23-15(12-30-21)13-7-3-1-4-8-13/h1-10,12H,11H2,(H,22,26)(H,24,28)(H,23,25,29). The number of benzene rings is 2. The lowest BCUT2D eigenvalue weighted by Crippen LogP contribution is -2.16. The molecule has 0 aliphatic carbocycles. The molecule has 8 nitrogen and oxygen atoms in total. The number of rotatable bonds is 5. The maximum Gasteiger partial charge on any atom is 0.265 e. The molecule has 0 fully saturated rings. The Labute approximate surface area is 175 Å². The van der Waals surface area contributed by atoms with Crippen LogP contribution in [0.3, 0.4) is 0 Å². The molecule has 30 heavy (non-hydrogen) atoms. The lowest BCUT2D eigenvalue weighted by Gasteiger charge is -2.07. The molecule has 4 aromatic rings. The van der Waals surface area contributed by atoms with Crippen LogP contribution in [0.2, 0.25) is 0 Å². The highest BCUT2D eigenvalue weighted by atomic mass is 32.1. The third kappa shape index (κ3) is 3.42. The first-order valence-corrected chi connectivity index (χ1v) is 10.1. The van der Waals surface area contributed by atoms with Gasteiger partial charge in [-0.05, 0) is 12.1 Å². The van der Waals surface area contributed by atoms with Crippen LogP contribution < -0.4 is 16.0 Å². The van der Waals surface area contributed by atoms with Crippen molar-refractivity contribution in [2.45, 2.75) is 6.54 Å². The quantitative estimate of drug-likeness (QED) is 0.457. The van der Waals surface area contributed by atoms with Crippen molar-refractivity contribution in [2.75, 3.05) is 16.0 Å². The van der Waals surface area contributed by atoms with Gasteiger partial charge in [0.05, 0.1) is 5.69 Å². The van der Waals surface area contributed by atoms with Gasteiger partial charge in [-0.15, -0.1) is 11.3 Å². The van der Waals surface area contributed by atoms with Gasteiger partial charge in [-0.3, -0.25) is 14.9 Å². The van der Waals surface area contributed by atoms with E-state index in [0.29, 0.717) is 16.8 Å². The van der Waals surface area contributed by atoms with E-state index in [9.17, 15) is 9.59 Å². The highest BCUT2D eigenvalue weighted by Crippen LogP contribution is 2.32. The van der Waals surface area contributed by atoms with E-state index in [1.54, 1.807) is 0 Å². The van der Waals surface area contributed by atoms with Crippen molar-refractivity contribution in [3.63, 3.8) is 0 Å². The van der Waals surface area contributed by atoms with Gasteiger partial charge in [0.1, 0.15) is 17.9 Å². The fourth-order valence-electron chi connectivity index (χ4n) is 3.20. The molecule has 1 aliphatic rings. The number of nitrogens with zero attached hydrogens (tertiary/aromatic N) is 3. The second-order valence-electron chi connectivity index (χ2n) is 6.63. The molecule has 2 amide bonds. The number of amides is 2. The van der Waals surface area contributed by atoms with Gasteiger partial charge in [0, 0.05) is 16.6 Å². The number of para-hydroxylation sites is 1. The largest absolute Gasteiger partial charge is 0.338 e. The number of carbonyl (C=O) groups is 2. The van der Waals surface area contributed by atoms with Gasteiger partial charge in [-0.2, -0.15) is 5.10 Å². The van der Waals surface area contributed by atoms with Crippen LogP contribution in [0.5, 0.6) is 0 Å². The molecular weight excluding hydrogens is 400 g/mol. The second-order valence-corrected chi connectivity index (χ2v) is 7.49. The minimum Gasteiger partial charge on any atom is -0.338 e. The summed E-state index contributed by atoms with van der Waals surface area (Å²) in [5.41, 5.74) is 2.81. The third-order valence-electron chi connectivity index (χ3n) is 4.56. The normalized spacial score (nSPS) is 12.3. The number of hydrogen-bond donors (Lipinski definition) is 3. The molecule has 2 aromatic heterocycles. The molecule has 0 spiro atoms. The fourth-order valence-corrected chi connectivity index (χ4v) is 3.92. The second kappa shape index (κ2) is 7.45. The van der Waals surface area contributed by atoms with E-state index in [1.807, 2.05) is 66.0 Å². The summed E-state index contributed by atoms with van der Waals surface area (Å²) in [6, 6.07) is 19.2. The zero-order valence-electron chi connectivity index (χ0n) is 15.6. The summed E-state index contributed by atoms with van der Waals surface area (Å²) in [5, 5.41) is 15.4. The van der Waals surface area contributed by atoms with E-state index in [1.165, 1.54) is 16.0 Å². The number of thiazole rings is 1. The van der Waals surface area contributed by atoms with Crippen molar-refractivity contribution < 1.29 is 9.59 Å². The summed E-state index contributed by atoms with van der Waals surface area (Å²) in [4.78, 5) is 29.4. The predicted octanol–water partition coefficient (Wildman–Crippen LogP) is 3.95. The zero-order valence-corrected chi connectivity index (χ0v) is 16.4. The van der Waals surface area contributed by atoms with E-state index >= 15 is 0 Å². The number of nitrogens with one attached hydrogen (secondary N) is 3. The van der Waals surface area contributed by atoms with Gasteiger partial charge < -0.3 is 10.6 Å². The molecule has 0 saturated heterocycles. The Bertz CT molecular complexity index is 1230. The van der Waals surface area contributed by atoms with Crippen molar-refractivity contribution in [3.8, 4) is 11.3 Å². The maximum absolute atomic E-state index is 13.1. The van der Waals surface area contributed by atoms with E-state index < -0.39 is 5.91 Å². The predicted molar refractivity (Wildman–Crippen MR) is 116 cm³/mol. The monoisotopic (exact) mass is 416 g/mol. The van der Waals surface area contributed by atoms with E-state index in [4.69, 9.17) is 0 Å². The van der Waals surface area contributed by atoms with Gasteiger partial charge in [-0.1, -0.05) is 48.5 Å². The van der Waals surface area contributed by atoms with Crippen LogP contribution in [0.4, 0.5) is 22.5 Å². The van der Waals surface area contributed by atoms with Crippen molar-refractivity contribution in [1.29, 1.82) is 0 Å². The third-order valence-corrected chi connectivity index (χ3v) is 5.32. The number of anilines is 4. The molecule has 0 unspecified atom stereocenters. The van der Waals surface area contributed by atoms with Gasteiger partial charge in [0.25, 0.3) is 5.91 Å². The lowest BCUT2D eigenvalue weighted by molar-refractivity contribution is -0.115. The number of fused-ring (bicyclic) bond motifs is 1. The summed E-state index contributed by atoms with van der Waals surface area (Å²) in [6.07, 6.45) is 0. The summed E-state index contributed by atoms with van der Waals surface area (Å²) in [6.45, 7) is 0.0709. The first-order valence-electron chi connectivity index (χ1n) is 9.22. The Hall–Kier alpha value is -3.98. The van der Waals surface area contributed by atoms with Crippen molar-refractivity contribution in [1.82, 2.24) is 14.8 Å². The van der Waals surface area contributed by atoms with Crippen molar-refractivity contribution in [3.05, 3.63) is 71.6 Å². The van der Waals surface area contributed by atoms with Crippen LogP contribution in [-0.4, -0.2) is 26.6 Å². The molecule has 2 aromatic carbocycles. The summed E-state index contributed by atoms with van der Waals surface area (Å²) >= 11 is 1.34. The first-order chi connectivity index (χ1) is 14.7. The fraction of sp³-hybridized carbons (Fsp3) is 0.0476. The van der Waals surface area contributed by atoms with Gasteiger partial charge >= 0.3 is 0 Å². The average Bonchev–Trinajstić information content (AvgIpc) is 3.43. The summed E-state index contributed by atoms with van der Waals surface area (Å²) < 4.78 is 1.49. The molecule has 0 radical (unpaired) electrons.